The van der Waals surface area contributed by atoms with E-state index < -0.39 is 26.2 Å². The minimum Gasteiger partial charge on any atom is -0.472 e. The van der Waals surface area contributed by atoms with Crippen LogP contribution in [-0.2, 0) is 9.09 Å². The van der Waals surface area contributed by atoms with Crippen LogP contribution in [-0.4, -0.2) is 38.8 Å². The third-order valence-corrected chi connectivity index (χ3v) is 1.68. The maximum Gasteiger partial charge on any atom is 0.438 e. The summed E-state index contributed by atoms with van der Waals surface area (Å²) in [7, 11) is -4.83. The van der Waals surface area contributed by atoms with Gasteiger partial charge in [0.25, 0.3) is 0 Å². The number of hydrogen-bond acceptors (Lipinski definition) is 5. The van der Waals surface area contributed by atoms with E-state index in [-0.39, 0.29) is 0 Å². The van der Waals surface area contributed by atoms with Crippen LogP contribution in [0.2, 0.25) is 0 Å². The smallest absolute Gasteiger partial charge is 0.438 e. The van der Waals surface area contributed by atoms with E-state index >= 15 is 0 Å². The molecule has 0 saturated carbocycles. The van der Waals surface area contributed by atoms with Crippen LogP contribution in [0.4, 0.5) is 4.79 Å². The van der Waals surface area contributed by atoms with Gasteiger partial charge >= 0.3 is 13.3 Å². The van der Waals surface area contributed by atoms with Gasteiger partial charge < -0.3 is 20.2 Å². The molecular weight excluding hydrogens is 179 g/mol. The zero-order valence-corrected chi connectivity index (χ0v) is 6.14. The van der Waals surface area contributed by atoms with Gasteiger partial charge in [0.1, 0.15) is 0 Å². The second-order valence-electron chi connectivity index (χ2n) is 1.55. The Morgan fingerprint density at radius 3 is 2.36 bits per heavy atom. The van der Waals surface area contributed by atoms with Crippen LogP contribution in [0, 0.1) is 0 Å². The summed E-state index contributed by atoms with van der Waals surface area (Å²) < 4.78 is 14.0. The number of aliphatic hydroxyl groups is 2. The van der Waals surface area contributed by atoms with Crippen molar-refractivity contribution in [1.82, 2.24) is 0 Å². The van der Waals surface area contributed by atoms with Gasteiger partial charge in [-0.15, -0.1) is 0 Å². The lowest BCUT2D eigenvalue weighted by molar-refractivity contribution is -0.0594. The number of carboxylic acid groups (broad SMARTS) is 1. The SMILES string of the molecule is O=C(O)P(=O)(O)OC(O)CO. The van der Waals surface area contributed by atoms with Crippen molar-refractivity contribution >= 4 is 13.3 Å². The third kappa shape index (κ3) is 3.45. The summed E-state index contributed by atoms with van der Waals surface area (Å²) in [6.07, 6.45) is -1.96. The van der Waals surface area contributed by atoms with E-state index in [4.69, 9.17) is 20.2 Å². The topological polar surface area (TPSA) is 124 Å². The molecule has 0 aromatic carbocycles. The minimum absolute atomic E-state index is 0.947. The van der Waals surface area contributed by atoms with Crippen molar-refractivity contribution in [1.29, 1.82) is 0 Å². The van der Waals surface area contributed by atoms with E-state index in [1.54, 1.807) is 0 Å². The maximum absolute atomic E-state index is 10.3. The molecule has 2 atom stereocenters. The molecule has 0 amide bonds. The number of hydrogen-bond donors (Lipinski definition) is 4. The standard InChI is InChI=1S/C3H7O7P/c4-1-2(5)10-11(8,9)3(6)7/h2,4-5H,1H2,(H,6,7)(H,8,9). The van der Waals surface area contributed by atoms with Crippen LogP contribution in [0.5, 0.6) is 0 Å². The summed E-state index contributed by atoms with van der Waals surface area (Å²) in [6, 6.07) is 0. The van der Waals surface area contributed by atoms with E-state index in [0.717, 1.165) is 0 Å². The largest absolute Gasteiger partial charge is 0.472 e. The van der Waals surface area contributed by atoms with E-state index in [1.807, 2.05) is 0 Å². The Labute approximate surface area is 61.4 Å². The van der Waals surface area contributed by atoms with E-state index in [1.165, 1.54) is 0 Å². The molecule has 7 nitrogen and oxygen atoms in total. The fourth-order valence-electron chi connectivity index (χ4n) is 0.243. The van der Waals surface area contributed by atoms with Gasteiger partial charge in [-0.1, -0.05) is 0 Å². The molecule has 0 aromatic rings. The molecule has 0 rings (SSSR count). The lowest BCUT2D eigenvalue weighted by Crippen LogP contribution is -2.16. The van der Waals surface area contributed by atoms with Gasteiger partial charge in [0.05, 0.1) is 6.61 Å². The molecular formula is C3H7O7P. The van der Waals surface area contributed by atoms with Crippen molar-refractivity contribution in [2.75, 3.05) is 6.61 Å². The molecule has 66 valence electrons. The zero-order valence-electron chi connectivity index (χ0n) is 5.25. The number of rotatable bonds is 4. The Morgan fingerprint density at radius 1 is 1.64 bits per heavy atom. The Hall–Kier alpha value is -0.460. The van der Waals surface area contributed by atoms with Crippen LogP contribution in [0.25, 0.3) is 0 Å². The summed E-state index contributed by atoms with van der Waals surface area (Å²) >= 11 is 0. The highest BCUT2D eigenvalue weighted by Gasteiger charge is 2.32. The molecule has 0 aliphatic carbocycles. The van der Waals surface area contributed by atoms with Gasteiger partial charge in [0.15, 0.2) is 6.29 Å². The van der Waals surface area contributed by atoms with Crippen LogP contribution in [0.3, 0.4) is 0 Å². The Morgan fingerprint density at radius 2 is 2.09 bits per heavy atom. The maximum atomic E-state index is 10.3. The van der Waals surface area contributed by atoms with Crippen LogP contribution >= 0.6 is 7.60 Å². The second kappa shape index (κ2) is 3.80. The fraction of sp³-hybridized carbons (Fsp3) is 0.667. The summed E-state index contributed by atoms with van der Waals surface area (Å²) in [4.78, 5) is 18.2. The first-order valence-corrected chi connectivity index (χ1v) is 4.01. The normalized spacial score (nSPS) is 18.8. The molecule has 11 heavy (non-hydrogen) atoms. The van der Waals surface area contributed by atoms with E-state index in [0.29, 0.717) is 0 Å². The van der Waals surface area contributed by atoms with Gasteiger partial charge in [-0.2, -0.15) is 0 Å². The average molecular weight is 186 g/mol. The second-order valence-corrected chi connectivity index (χ2v) is 3.18. The predicted molar refractivity (Wildman–Crippen MR) is 32.0 cm³/mol. The quantitative estimate of drug-likeness (QED) is 0.333. The highest BCUT2D eigenvalue weighted by atomic mass is 31.2. The molecule has 0 fully saturated rings. The molecule has 0 saturated heterocycles. The first-order valence-electron chi connectivity index (χ1n) is 2.43. The molecule has 0 bridgehead atoms. The van der Waals surface area contributed by atoms with Crippen molar-refractivity contribution in [2.24, 2.45) is 0 Å². The summed E-state index contributed by atoms with van der Waals surface area (Å²) in [5.74, 6) is 0. The molecule has 0 spiro atoms. The Balaban J connectivity index is 4.13. The molecule has 0 heterocycles. The minimum atomic E-state index is -4.83. The van der Waals surface area contributed by atoms with Crippen LogP contribution in [0.15, 0.2) is 0 Å². The van der Waals surface area contributed by atoms with Gasteiger partial charge in [-0.25, -0.2) is 9.36 Å². The summed E-state index contributed by atoms with van der Waals surface area (Å²) in [5, 5.41) is 24.4. The molecule has 0 radical (unpaired) electrons. The molecule has 0 aliphatic rings. The van der Waals surface area contributed by atoms with Gasteiger partial charge in [0, 0.05) is 0 Å². The van der Waals surface area contributed by atoms with Crippen LogP contribution < -0.4 is 0 Å². The fourth-order valence-corrected chi connectivity index (χ4v) is 0.730. The Kier molecular flexibility index (Phi) is 3.64. The first-order chi connectivity index (χ1) is 4.90. The predicted octanol–water partition coefficient (Wildman–Crippen LogP) is -0.823. The van der Waals surface area contributed by atoms with Gasteiger partial charge in [0.2, 0.25) is 0 Å². The average Bonchev–Trinajstić information content (AvgIpc) is 1.86. The lowest BCUT2D eigenvalue weighted by Gasteiger charge is -2.10. The van der Waals surface area contributed by atoms with Gasteiger partial charge in [-0.3, -0.25) is 4.52 Å². The monoisotopic (exact) mass is 186 g/mol. The van der Waals surface area contributed by atoms with E-state index in [2.05, 4.69) is 4.52 Å². The number of carbonyl (C=O) groups is 1. The molecule has 2 unspecified atom stereocenters. The highest BCUT2D eigenvalue weighted by molar-refractivity contribution is 7.70. The summed E-state index contributed by atoms with van der Waals surface area (Å²) in [6.45, 7) is -0.947. The van der Waals surface area contributed by atoms with Gasteiger partial charge in [-0.05, 0) is 0 Å². The summed E-state index contributed by atoms with van der Waals surface area (Å²) in [5.41, 5.74) is -2.08. The first kappa shape index (κ1) is 10.5. The molecule has 8 heteroatoms. The molecule has 0 aliphatic heterocycles. The van der Waals surface area contributed by atoms with Crippen LogP contribution in [0.1, 0.15) is 0 Å². The van der Waals surface area contributed by atoms with Crippen molar-refractivity contribution in [3.05, 3.63) is 0 Å². The highest BCUT2D eigenvalue weighted by Crippen LogP contribution is 2.43. The number of aliphatic hydroxyl groups excluding tert-OH is 2. The third-order valence-electron chi connectivity index (χ3n) is 0.662. The molecule has 4 N–H and O–H groups in total. The van der Waals surface area contributed by atoms with Crippen molar-refractivity contribution in [2.45, 2.75) is 6.29 Å². The van der Waals surface area contributed by atoms with E-state index in [9.17, 15) is 9.36 Å². The van der Waals surface area contributed by atoms with Crippen molar-refractivity contribution in [3.63, 3.8) is 0 Å². The Bertz CT molecular complexity index is 188. The zero-order chi connectivity index (χ0) is 9.07. The van der Waals surface area contributed by atoms with Crippen molar-refractivity contribution in [3.8, 4) is 0 Å². The molecule has 0 aromatic heterocycles. The van der Waals surface area contributed by atoms with Crippen molar-refractivity contribution < 1.29 is 34.1 Å². The lowest BCUT2D eigenvalue weighted by atomic mass is 10.7.